The van der Waals surface area contributed by atoms with Gasteiger partial charge in [0.2, 0.25) is 0 Å². The molecule has 23 heavy (non-hydrogen) atoms. The number of carbonyl (C=O) groups is 2. The van der Waals surface area contributed by atoms with E-state index in [0.29, 0.717) is 32.2 Å². The van der Waals surface area contributed by atoms with Crippen molar-refractivity contribution in [2.45, 2.75) is 0 Å². The molecule has 128 valence electrons. The molecular weight excluding hydrogens is 439 g/mol. The van der Waals surface area contributed by atoms with Crippen LogP contribution in [0.5, 0.6) is 5.75 Å². The zero-order chi connectivity index (χ0) is 17.1. The summed E-state index contributed by atoms with van der Waals surface area (Å²) < 4.78 is 25.1. The van der Waals surface area contributed by atoms with E-state index in [2.05, 4.69) is 9.47 Å². The van der Waals surface area contributed by atoms with Crippen LogP contribution in [0, 0.1) is 0 Å². The first kappa shape index (κ1) is 20.0. The highest BCUT2D eigenvalue weighted by Gasteiger charge is 2.19. The van der Waals surface area contributed by atoms with E-state index in [9.17, 15) is 9.59 Å². The van der Waals surface area contributed by atoms with Gasteiger partial charge >= 0.3 is 11.9 Å². The average Bonchev–Trinajstić information content (AvgIpc) is 2.59. The van der Waals surface area contributed by atoms with Crippen LogP contribution in [-0.2, 0) is 18.4 Å². The fourth-order valence-corrected chi connectivity index (χ4v) is 2.30. The van der Waals surface area contributed by atoms with Gasteiger partial charge in [-0.3, -0.25) is 0 Å². The van der Waals surface area contributed by atoms with E-state index in [0.717, 1.165) is 0 Å². The third-order valence-corrected chi connectivity index (χ3v) is 3.67. The zero-order valence-electron chi connectivity index (χ0n) is 12.7. The smallest absolute Gasteiger partial charge is 0.338 e. The predicted molar refractivity (Wildman–Crippen MR) is 93.0 cm³/mol. The SMILES string of the molecule is COC(=O)c1ccc(OCCOCCOSI)cc1C(=O)OC. The molecule has 1 aromatic carbocycles. The van der Waals surface area contributed by atoms with Gasteiger partial charge in [-0.05, 0) is 18.2 Å². The Labute approximate surface area is 150 Å². The molecule has 0 unspecified atom stereocenters. The van der Waals surface area contributed by atoms with Crippen molar-refractivity contribution in [3.63, 3.8) is 0 Å². The topological polar surface area (TPSA) is 80.3 Å². The largest absolute Gasteiger partial charge is 0.491 e. The molecule has 0 bridgehead atoms. The van der Waals surface area contributed by atoms with Crippen molar-refractivity contribution in [1.82, 2.24) is 0 Å². The molecule has 0 saturated carbocycles. The van der Waals surface area contributed by atoms with E-state index in [1.807, 2.05) is 21.2 Å². The lowest BCUT2D eigenvalue weighted by atomic mass is 10.1. The maximum Gasteiger partial charge on any atom is 0.338 e. The minimum Gasteiger partial charge on any atom is -0.491 e. The molecule has 0 aliphatic heterocycles. The van der Waals surface area contributed by atoms with E-state index < -0.39 is 11.9 Å². The van der Waals surface area contributed by atoms with Crippen molar-refractivity contribution in [3.8, 4) is 5.75 Å². The van der Waals surface area contributed by atoms with Gasteiger partial charge in [0, 0.05) is 21.2 Å². The summed E-state index contributed by atoms with van der Waals surface area (Å²) in [5.74, 6) is -0.824. The standard InChI is InChI=1S/C14H17IO7S/c1-18-13(16)11-4-3-10(9-12(11)14(17)19-2)21-7-5-20-6-8-22-23-15/h3-4,9H,5-8H2,1-2H3. The van der Waals surface area contributed by atoms with Gasteiger partial charge in [0.1, 0.15) is 12.4 Å². The summed E-state index contributed by atoms with van der Waals surface area (Å²) in [4.78, 5) is 23.4. The van der Waals surface area contributed by atoms with Gasteiger partial charge in [-0.1, -0.05) is 0 Å². The summed E-state index contributed by atoms with van der Waals surface area (Å²) >= 11 is 2.03. The Morgan fingerprint density at radius 1 is 1.00 bits per heavy atom. The van der Waals surface area contributed by atoms with E-state index in [1.165, 1.54) is 35.6 Å². The van der Waals surface area contributed by atoms with Crippen molar-refractivity contribution in [1.29, 1.82) is 0 Å². The third kappa shape index (κ3) is 6.94. The zero-order valence-corrected chi connectivity index (χ0v) is 15.7. The summed E-state index contributed by atoms with van der Waals surface area (Å²) in [6.45, 7) is 1.64. The second kappa shape index (κ2) is 11.5. The highest BCUT2D eigenvalue weighted by molar-refractivity contribution is 14.2. The second-order valence-corrected chi connectivity index (χ2v) is 5.48. The fraction of sp³-hybridized carbons (Fsp3) is 0.429. The number of esters is 2. The molecular formula is C14H17IO7S. The number of hydrogen-bond acceptors (Lipinski definition) is 8. The first-order valence-electron chi connectivity index (χ1n) is 6.55. The third-order valence-electron chi connectivity index (χ3n) is 2.65. The van der Waals surface area contributed by atoms with Crippen molar-refractivity contribution >= 4 is 42.4 Å². The monoisotopic (exact) mass is 456 g/mol. The molecule has 0 radical (unpaired) electrons. The van der Waals surface area contributed by atoms with Crippen LogP contribution in [0.4, 0.5) is 0 Å². The molecule has 0 spiro atoms. The van der Waals surface area contributed by atoms with Crippen molar-refractivity contribution in [2.24, 2.45) is 0 Å². The molecule has 0 amide bonds. The molecule has 1 rings (SSSR count). The van der Waals surface area contributed by atoms with E-state index >= 15 is 0 Å². The van der Waals surface area contributed by atoms with Crippen molar-refractivity contribution in [3.05, 3.63) is 29.3 Å². The number of methoxy groups -OCH3 is 2. The first-order valence-corrected chi connectivity index (χ1v) is 9.84. The van der Waals surface area contributed by atoms with E-state index in [4.69, 9.17) is 13.7 Å². The Hall–Kier alpha value is -1.04. The minimum atomic E-state index is -0.638. The maximum atomic E-state index is 11.8. The Kier molecular flexibility index (Phi) is 9.99. The van der Waals surface area contributed by atoms with Crippen LogP contribution in [-0.4, -0.2) is 52.6 Å². The van der Waals surface area contributed by atoms with E-state index in [-0.39, 0.29) is 11.1 Å². The number of carbonyl (C=O) groups excluding carboxylic acids is 2. The Balaban J connectivity index is 2.60. The lowest BCUT2D eigenvalue weighted by Gasteiger charge is -2.10. The van der Waals surface area contributed by atoms with Gasteiger partial charge in [-0.25, -0.2) is 9.59 Å². The van der Waals surface area contributed by atoms with Gasteiger partial charge < -0.3 is 23.1 Å². The average molecular weight is 456 g/mol. The maximum absolute atomic E-state index is 11.8. The molecule has 0 aromatic heterocycles. The minimum absolute atomic E-state index is 0.0882. The quantitative estimate of drug-likeness (QED) is 0.230. The fourth-order valence-electron chi connectivity index (χ4n) is 1.62. The van der Waals surface area contributed by atoms with Crippen LogP contribution in [0.2, 0.25) is 0 Å². The molecule has 0 N–H and O–H groups in total. The normalized spacial score (nSPS) is 10.2. The van der Waals surface area contributed by atoms with Crippen LogP contribution in [0.3, 0.4) is 0 Å². The lowest BCUT2D eigenvalue weighted by molar-refractivity contribution is 0.0554. The van der Waals surface area contributed by atoms with Crippen molar-refractivity contribution < 1.29 is 32.7 Å². The van der Waals surface area contributed by atoms with Gasteiger partial charge in [0.15, 0.2) is 0 Å². The molecule has 7 nitrogen and oxygen atoms in total. The number of hydrogen-bond donors (Lipinski definition) is 0. The number of halogens is 1. The van der Waals surface area contributed by atoms with Gasteiger partial charge in [-0.15, -0.1) is 0 Å². The molecule has 9 heteroatoms. The summed E-state index contributed by atoms with van der Waals surface area (Å²) in [6, 6.07) is 4.47. The molecule has 1 aromatic rings. The van der Waals surface area contributed by atoms with Crippen molar-refractivity contribution in [2.75, 3.05) is 40.6 Å². The van der Waals surface area contributed by atoms with Crippen LogP contribution >= 0.6 is 30.4 Å². The number of benzene rings is 1. The Bertz CT molecular complexity index is 524. The Morgan fingerprint density at radius 2 is 1.65 bits per heavy atom. The highest BCUT2D eigenvalue weighted by atomic mass is 127. The van der Waals surface area contributed by atoms with Gasteiger partial charge in [-0.2, -0.15) is 0 Å². The first-order chi connectivity index (χ1) is 11.1. The molecule has 0 heterocycles. The predicted octanol–water partition coefficient (Wildman–Crippen LogP) is 2.67. The molecule has 0 atom stereocenters. The van der Waals surface area contributed by atoms with Crippen LogP contribution in [0.15, 0.2) is 18.2 Å². The molecule has 0 saturated heterocycles. The number of ether oxygens (including phenoxy) is 4. The lowest BCUT2D eigenvalue weighted by Crippen LogP contribution is -2.13. The molecule has 0 fully saturated rings. The molecule has 0 aliphatic rings. The summed E-state index contributed by atoms with van der Waals surface area (Å²) in [6.07, 6.45) is 0. The highest BCUT2D eigenvalue weighted by Crippen LogP contribution is 2.20. The van der Waals surface area contributed by atoms with Crippen LogP contribution in [0.25, 0.3) is 0 Å². The van der Waals surface area contributed by atoms with Gasteiger partial charge in [0.05, 0.1) is 54.4 Å². The van der Waals surface area contributed by atoms with E-state index in [1.54, 1.807) is 6.07 Å². The van der Waals surface area contributed by atoms with Gasteiger partial charge in [0.25, 0.3) is 0 Å². The Morgan fingerprint density at radius 3 is 2.30 bits per heavy atom. The van der Waals surface area contributed by atoms with Crippen LogP contribution in [0.1, 0.15) is 20.7 Å². The van der Waals surface area contributed by atoms with Crippen LogP contribution < -0.4 is 4.74 Å². The summed E-state index contributed by atoms with van der Waals surface area (Å²) in [7, 11) is 3.73. The number of rotatable bonds is 10. The molecule has 0 aliphatic carbocycles. The summed E-state index contributed by atoms with van der Waals surface area (Å²) in [5, 5.41) is 0. The summed E-state index contributed by atoms with van der Waals surface area (Å²) in [5.41, 5.74) is 0.210. The second-order valence-electron chi connectivity index (χ2n) is 4.04.